The first kappa shape index (κ1) is 22.9. The molecule has 0 radical (unpaired) electrons. The van der Waals surface area contributed by atoms with E-state index >= 15 is 0 Å². The Bertz CT molecular complexity index is 1210. The second-order valence-electron chi connectivity index (χ2n) is 9.62. The van der Waals surface area contributed by atoms with Crippen molar-refractivity contribution in [1.82, 2.24) is 0 Å². The van der Waals surface area contributed by atoms with Crippen LogP contribution in [-0.2, 0) is 16.1 Å². The topological polar surface area (TPSA) is 67.8 Å². The SMILES string of the molecule is Cc1ccc(-c2c(C)c3c(c(C)c2[C@H](OC(C)(C)C)C(=O)O)NCc2ccccc2O3)cc1. The number of ether oxygens (including phenoxy) is 2. The molecule has 5 heteroatoms. The van der Waals surface area contributed by atoms with E-state index in [4.69, 9.17) is 9.47 Å². The standard InChI is InChI=1S/C28H31NO4/c1-16-11-13-19(14-12-16)22-18(3)25-24(29-15-20-9-7-8-10-21(20)32-25)17(2)23(22)26(27(30)31)33-28(4,5)6/h7-14,26,29H,15H2,1-6H3,(H,30,31)/t26-/m0/s1. The van der Waals surface area contributed by atoms with Gasteiger partial charge in [0.15, 0.2) is 11.9 Å². The fourth-order valence-electron chi connectivity index (χ4n) is 4.39. The molecule has 0 spiro atoms. The van der Waals surface area contributed by atoms with Gasteiger partial charge in [0, 0.05) is 23.2 Å². The van der Waals surface area contributed by atoms with Gasteiger partial charge in [-0.2, -0.15) is 0 Å². The molecule has 0 aliphatic carbocycles. The van der Waals surface area contributed by atoms with Gasteiger partial charge in [0.1, 0.15) is 5.75 Å². The molecule has 4 rings (SSSR count). The molecular formula is C28H31NO4. The Morgan fingerprint density at radius 3 is 2.33 bits per heavy atom. The highest BCUT2D eigenvalue weighted by Crippen LogP contribution is 2.49. The van der Waals surface area contributed by atoms with Crippen LogP contribution >= 0.6 is 0 Å². The summed E-state index contributed by atoms with van der Waals surface area (Å²) in [5.74, 6) is 0.504. The quantitative estimate of drug-likeness (QED) is 0.455. The van der Waals surface area contributed by atoms with Crippen LogP contribution in [0.2, 0.25) is 0 Å². The van der Waals surface area contributed by atoms with Gasteiger partial charge in [0.05, 0.1) is 11.3 Å². The molecule has 0 saturated heterocycles. The van der Waals surface area contributed by atoms with Crippen LogP contribution in [0.3, 0.4) is 0 Å². The molecule has 33 heavy (non-hydrogen) atoms. The summed E-state index contributed by atoms with van der Waals surface area (Å²) >= 11 is 0. The van der Waals surface area contributed by atoms with E-state index in [1.807, 2.05) is 90.1 Å². The lowest BCUT2D eigenvalue weighted by atomic mass is 9.86. The van der Waals surface area contributed by atoms with Crippen LogP contribution in [0, 0.1) is 20.8 Å². The third-order valence-corrected chi connectivity index (χ3v) is 5.93. The largest absolute Gasteiger partial charge is 0.479 e. The van der Waals surface area contributed by atoms with Crippen LogP contribution in [-0.4, -0.2) is 16.7 Å². The highest BCUT2D eigenvalue weighted by molar-refractivity contribution is 5.88. The zero-order valence-electron chi connectivity index (χ0n) is 20.1. The Balaban J connectivity index is 2.02. The third kappa shape index (κ3) is 4.46. The lowest BCUT2D eigenvalue weighted by molar-refractivity contribution is -0.160. The van der Waals surface area contributed by atoms with Gasteiger partial charge < -0.3 is 19.9 Å². The number of carboxylic acid groups (broad SMARTS) is 1. The number of benzene rings is 3. The van der Waals surface area contributed by atoms with Crippen LogP contribution in [0.15, 0.2) is 48.5 Å². The summed E-state index contributed by atoms with van der Waals surface area (Å²) in [6, 6.07) is 16.1. The minimum atomic E-state index is -1.13. The number of hydrogen-bond acceptors (Lipinski definition) is 4. The highest BCUT2D eigenvalue weighted by Gasteiger charge is 2.34. The lowest BCUT2D eigenvalue weighted by Crippen LogP contribution is -2.28. The van der Waals surface area contributed by atoms with Gasteiger partial charge in [0.2, 0.25) is 0 Å². The van der Waals surface area contributed by atoms with E-state index in [9.17, 15) is 9.90 Å². The van der Waals surface area contributed by atoms with Gasteiger partial charge in [-0.25, -0.2) is 4.79 Å². The number of carbonyl (C=O) groups is 1. The van der Waals surface area contributed by atoms with Crippen molar-refractivity contribution in [2.75, 3.05) is 5.32 Å². The molecule has 2 N–H and O–H groups in total. The molecule has 0 bridgehead atoms. The van der Waals surface area contributed by atoms with Crippen molar-refractivity contribution in [3.63, 3.8) is 0 Å². The molecule has 0 unspecified atom stereocenters. The fraction of sp³-hybridized carbons (Fsp3) is 0.321. The molecule has 0 fully saturated rings. The maximum atomic E-state index is 12.5. The first-order valence-corrected chi connectivity index (χ1v) is 11.2. The Morgan fingerprint density at radius 2 is 1.70 bits per heavy atom. The molecule has 172 valence electrons. The summed E-state index contributed by atoms with van der Waals surface area (Å²) < 4.78 is 12.6. The lowest BCUT2D eigenvalue weighted by Gasteiger charge is -2.30. The van der Waals surface area contributed by atoms with Gasteiger partial charge in [-0.15, -0.1) is 0 Å². The zero-order valence-corrected chi connectivity index (χ0v) is 20.1. The molecule has 3 aromatic rings. The van der Waals surface area contributed by atoms with Gasteiger partial charge in [-0.3, -0.25) is 0 Å². The Hall–Kier alpha value is -3.31. The van der Waals surface area contributed by atoms with Gasteiger partial charge in [-0.1, -0.05) is 48.0 Å². The first-order valence-electron chi connectivity index (χ1n) is 11.2. The molecular weight excluding hydrogens is 414 g/mol. The summed E-state index contributed by atoms with van der Waals surface area (Å²) in [4.78, 5) is 12.5. The summed E-state index contributed by atoms with van der Waals surface area (Å²) in [5.41, 5.74) is 6.47. The van der Waals surface area contributed by atoms with Crippen LogP contribution in [0.25, 0.3) is 11.1 Å². The number of hydrogen-bond donors (Lipinski definition) is 2. The molecule has 1 aliphatic rings. The molecule has 1 aliphatic heterocycles. The van der Waals surface area contributed by atoms with E-state index in [1.165, 1.54) is 0 Å². The second-order valence-corrected chi connectivity index (χ2v) is 9.62. The average molecular weight is 446 g/mol. The predicted octanol–water partition coefficient (Wildman–Crippen LogP) is 6.94. The van der Waals surface area contributed by atoms with Crippen molar-refractivity contribution in [1.29, 1.82) is 0 Å². The van der Waals surface area contributed by atoms with Crippen LogP contribution in [0.1, 0.15) is 54.7 Å². The van der Waals surface area contributed by atoms with Crippen molar-refractivity contribution in [3.8, 4) is 22.6 Å². The van der Waals surface area contributed by atoms with Crippen molar-refractivity contribution in [2.24, 2.45) is 0 Å². The number of aryl methyl sites for hydroxylation is 1. The van der Waals surface area contributed by atoms with E-state index in [2.05, 4.69) is 5.32 Å². The minimum absolute atomic E-state index is 0.588. The Morgan fingerprint density at radius 1 is 1.03 bits per heavy atom. The zero-order chi connectivity index (χ0) is 23.9. The average Bonchev–Trinajstić information content (AvgIpc) is 2.95. The van der Waals surface area contributed by atoms with E-state index in [0.29, 0.717) is 12.1 Å². The third-order valence-electron chi connectivity index (χ3n) is 5.93. The van der Waals surface area contributed by atoms with Crippen molar-refractivity contribution in [2.45, 2.75) is 59.8 Å². The van der Waals surface area contributed by atoms with Crippen molar-refractivity contribution in [3.05, 3.63) is 76.3 Å². The fourth-order valence-corrected chi connectivity index (χ4v) is 4.39. The first-order chi connectivity index (χ1) is 15.6. The number of para-hydroxylation sites is 1. The van der Waals surface area contributed by atoms with E-state index in [1.54, 1.807) is 0 Å². The molecule has 5 nitrogen and oxygen atoms in total. The molecule has 3 aromatic carbocycles. The summed E-state index contributed by atoms with van der Waals surface area (Å²) in [6.45, 7) is 12.2. The highest BCUT2D eigenvalue weighted by atomic mass is 16.5. The summed E-state index contributed by atoms with van der Waals surface area (Å²) in [5, 5.41) is 13.7. The Labute approximate surface area is 195 Å². The van der Waals surface area contributed by atoms with Crippen molar-refractivity contribution >= 4 is 11.7 Å². The summed E-state index contributed by atoms with van der Waals surface area (Å²) in [6.07, 6.45) is -1.13. The van der Waals surface area contributed by atoms with Gasteiger partial charge in [-0.05, 0) is 64.3 Å². The van der Waals surface area contributed by atoms with E-state index < -0.39 is 17.7 Å². The molecule has 1 heterocycles. The smallest absolute Gasteiger partial charge is 0.337 e. The molecule has 0 amide bonds. The number of rotatable bonds is 4. The number of anilines is 1. The van der Waals surface area contributed by atoms with Crippen LogP contribution in [0.5, 0.6) is 11.5 Å². The number of carboxylic acids is 1. The summed E-state index contributed by atoms with van der Waals surface area (Å²) in [7, 11) is 0. The Kier molecular flexibility index (Phi) is 5.93. The van der Waals surface area contributed by atoms with Crippen molar-refractivity contribution < 1.29 is 19.4 Å². The minimum Gasteiger partial charge on any atom is -0.479 e. The monoisotopic (exact) mass is 445 g/mol. The number of nitrogens with one attached hydrogen (secondary N) is 1. The molecule has 0 aromatic heterocycles. The second kappa shape index (κ2) is 8.56. The van der Waals surface area contributed by atoms with E-state index in [0.717, 1.165) is 50.6 Å². The predicted molar refractivity (Wildman–Crippen MR) is 131 cm³/mol. The normalized spacial score (nSPS) is 13.8. The van der Waals surface area contributed by atoms with Crippen LogP contribution in [0.4, 0.5) is 5.69 Å². The molecule has 0 saturated carbocycles. The van der Waals surface area contributed by atoms with E-state index in [-0.39, 0.29) is 0 Å². The number of fused-ring (bicyclic) bond motifs is 2. The van der Waals surface area contributed by atoms with Crippen LogP contribution < -0.4 is 10.1 Å². The number of aliphatic carboxylic acids is 1. The maximum absolute atomic E-state index is 12.5. The van der Waals surface area contributed by atoms with Gasteiger partial charge >= 0.3 is 5.97 Å². The van der Waals surface area contributed by atoms with Gasteiger partial charge in [0.25, 0.3) is 0 Å². The molecule has 1 atom stereocenters. The maximum Gasteiger partial charge on any atom is 0.337 e.